The van der Waals surface area contributed by atoms with Gasteiger partial charge in [0.1, 0.15) is 0 Å². The van der Waals surface area contributed by atoms with Crippen molar-refractivity contribution in [2.24, 2.45) is 0 Å². The van der Waals surface area contributed by atoms with Gasteiger partial charge >= 0.3 is 11.9 Å². The lowest BCUT2D eigenvalue weighted by atomic mass is 9.83. The zero-order valence-corrected chi connectivity index (χ0v) is 14.0. The predicted octanol–water partition coefficient (Wildman–Crippen LogP) is 0.213. The van der Waals surface area contributed by atoms with Gasteiger partial charge in [-0.3, -0.25) is 0 Å². The minimum Gasteiger partial charge on any atom is -0.473 e. The molecular formula is C16H28N2O6. The molecule has 4 aliphatic rings. The molecule has 4 aliphatic heterocycles. The van der Waals surface area contributed by atoms with Gasteiger partial charge in [0.2, 0.25) is 0 Å². The first-order chi connectivity index (χ1) is 11.5. The third-order valence-corrected chi connectivity index (χ3v) is 5.03. The second-order valence-corrected chi connectivity index (χ2v) is 6.84. The van der Waals surface area contributed by atoms with E-state index in [-0.39, 0.29) is 0 Å². The average Bonchev–Trinajstić information content (AvgIpc) is 2.55. The molecule has 2 atom stereocenters. The maximum atomic E-state index is 9.10. The lowest BCUT2D eigenvalue weighted by molar-refractivity contribution is -0.159. The second kappa shape index (κ2) is 8.75. The van der Waals surface area contributed by atoms with Crippen molar-refractivity contribution in [2.75, 3.05) is 39.5 Å². The number of ether oxygens (including phenoxy) is 2. The zero-order valence-electron chi connectivity index (χ0n) is 14.0. The molecule has 4 rings (SSSR count). The molecule has 0 aromatic rings. The van der Waals surface area contributed by atoms with E-state index in [2.05, 4.69) is 10.6 Å². The monoisotopic (exact) mass is 344 g/mol. The van der Waals surface area contributed by atoms with Crippen LogP contribution < -0.4 is 10.6 Å². The number of hydrogen-bond donors (Lipinski definition) is 4. The van der Waals surface area contributed by atoms with Crippen LogP contribution >= 0.6 is 0 Å². The van der Waals surface area contributed by atoms with Gasteiger partial charge < -0.3 is 30.3 Å². The average molecular weight is 344 g/mol. The number of carboxylic acid groups (broad SMARTS) is 2. The summed E-state index contributed by atoms with van der Waals surface area (Å²) in [5, 5.41) is 21.7. The molecule has 138 valence electrons. The number of hydrogen-bond acceptors (Lipinski definition) is 6. The Morgan fingerprint density at radius 1 is 0.750 bits per heavy atom. The molecule has 0 bridgehead atoms. The minimum absolute atomic E-state index is 0.429. The lowest BCUT2D eigenvalue weighted by Gasteiger charge is -2.45. The van der Waals surface area contributed by atoms with Crippen molar-refractivity contribution in [2.45, 2.75) is 49.6 Å². The largest absolute Gasteiger partial charge is 0.473 e. The summed E-state index contributed by atoms with van der Waals surface area (Å²) in [6.07, 6.45) is 7.79. The smallest absolute Gasteiger partial charge is 0.414 e. The molecule has 0 saturated carbocycles. The molecule has 8 heteroatoms. The van der Waals surface area contributed by atoms with Gasteiger partial charge in [0.05, 0.1) is 13.2 Å². The topological polar surface area (TPSA) is 117 Å². The fourth-order valence-electron chi connectivity index (χ4n) is 3.33. The summed E-state index contributed by atoms with van der Waals surface area (Å²) in [6, 6.07) is 0. The third kappa shape index (κ3) is 5.41. The Morgan fingerprint density at radius 3 is 1.25 bits per heavy atom. The van der Waals surface area contributed by atoms with E-state index < -0.39 is 11.9 Å². The van der Waals surface area contributed by atoms with Crippen molar-refractivity contribution >= 4 is 11.9 Å². The van der Waals surface area contributed by atoms with Gasteiger partial charge in [-0.1, -0.05) is 0 Å². The van der Waals surface area contributed by atoms with Crippen molar-refractivity contribution in [3.8, 4) is 0 Å². The van der Waals surface area contributed by atoms with Crippen molar-refractivity contribution < 1.29 is 29.3 Å². The molecular weight excluding hydrogens is 316 g/mol. The fourth-order valence-corrected chi connectivity index (χ4v) is 3.33. The van der Waals surface area contributed by atoms with E-state index in [0.29, 0.717) is 11.1 Å². The quantitative estimate of drug-likeness (QED) is 0.461. The number of carboxylic acids is 2. The van der Waals surface area contributed by atoms with E-state index in [1.807, 2.05) is 0 Å². The van der Waals surface area contributed by atoms with Crippen LogP contribution in [0.2, 0.25) is 0 Å². The highest BCUT2D eigenvalue weighted by Crippen LogP contribution is 2.28. The summed E-state index contributed by atoms with van der Waals surface area (Å²) in [6.45, 7) is 6.25. The van der Waals surface area contributed by atoms with Crippen LogP contribution in [0.1, 0.15) is 38.5 Å². The molecule has 4 heterocycles. The number of nitrogens with one attached hydrogen (secondary N) is 2. The predicted molar refractivity (Wildman–Crippen MR) is 86.1 cm³/mol. The lowest BCUT2D eigenvalue weighted by Crippen LogP contribution is -2.61. The van der Waals surface area contributed by atoms with Gasteiger partial charge in [0, 0.05) is 24.3 Å². The molecule has 4 fully saturated rings. The Labute approximate surface area is 141 Å². The molecule has 0 amide bonds. The highest BCUT2D eigenvalue weighted by molar-refractivity contribution is 6.27. The van der Waals surface area contributed by atoms with Crippen LogP contribution in [0.25, 0.3) is 0 Å². The van der Waals surface area contributed by atoms with Crippen molar-refractivity contribution in [1.82, 2.24) is 10.6 Å². The van der Waals surface area contributed by atoms with Crippen LogP contribution in [0.3, 0.4) is 0 Å². The fraction of sp³-hybridized carbons (Fsp3) is 0.875. The van der Waals surface area contributed by atoms with Gasteiger partial charge in [0.25, 0.3) is 0 Å². The van der Waals surface area contributed by atoms with E-state index >= 15 is 0 Å². The number of aliphatic carboxylic acids is 2. The Hall–Kier alpha value is -1.22. The van der Waals surface area contributed by atoms with E-state index in [1.54, 1.807) is 0 Å². The first-order valence-electron chi connectivity index (χ1n) is 8.59. The summed E-state index contributed by atoms with van der Waals surface area (Å²) < 4.78 is 10.7. The van der Waals surface area contributed by atoms with E-state index in [0.717, 1.165) is 26.4 Å². The Bertz CT molecular complexity index is 378. The summed E-state index contributed by atoms with van der Waals surface area (Å²) in [7, 11) is 0. The molecule has 0 radical (unpaired) electrons. The standard InChI is InChI=1S/2C7H13NO.C2H2O4/c2*1-2-7(3-4-8-7)6-9-5-1;3-1(4)2(5)6/h2*8H,1-6H2;(H,3,4)(H,5,6). The van der Waals surface area contributed by atoms with E-state index in [9.17, 15) is 0 Å². The van der Waals surface area contributed by atoms with Gasteiger partial charge in [-0.25, -0.2) is 9.59 Å². The maximum Gasteiger partial charge on any atom is 0.414 e. The van der Waals surface area contributed by atoms with Crippen LogP contribution in [0.5, 0.6) is 0 Å². The Kier molecular flexibility index (Phi) is 6.97. The summed E-state index contributed by atoms with van der Waals surface area (Å²) in [4.78, 5) is 18.2. The summed E-state index contributed by atoms with van der Waals surface area (Å²) in [5.74, 6) is -3.65. The highest BCUT2D eigenvalue weighted by atomic mass is 16.5. The van der Waals surface area contributed by atoms with Crippen LogP contribution in [-0.4, -0.2) is 72.7 Å². The van der Waals surface area contributed by atoms with E-state index in [4.69, 9.17) is 29.3 Å². The first-order valence-corrected chi connectivity index (χ1v) is 8.59. The maximum absolute atomic E-state index is 9.10. The third-order valence-electron chi connectivity index (χ3n) is 5.03. The van der Waals surface area contributed by atoms with Gasteiger partial charge in [0.15, 0.2) is 0 Å². The van der Waals surface area contributed by atoms with Crippen molar-refractivity contribution in [1.29, 1.82) is 0 Å². The Morgan fingerprint density at radius 2 is 1.12 bits per heavy atom. The van der Waals surface area contributed by atoms with Gasteiger partial charge in [-0.15, -0.1) is 0 Å². The molecule has 2 spiro atoms. The van der Waals surface area contributed by atoms with Gasteiger partial charge in [-0.05, 0) is 51.6 Å². The molecule has 4 N–H and O–H groups in total. The van der Waals surface area contributed by atoms with Crippen LogP contribution in [-0.2, 0) is 19.1 Å². The van der Waals surface area contributed by atoms with E-state index in [1.165, 1.54) is 51.6 Å². The van der Waals surface area contributed by atoms with Crippen LogP contribution in [0.15, 0.2) is 0 Å². The molecule has 24 heavy (non-hydrogen) atoms. The molecule has 0 aromatic carbocycles. The molecule has 0 aliphatic carbocycles. The van der Waals surface area contributed by atoms with Gasteiger partial charge in [-0.2, -0.15) is 0 Å². The summed E-state index contributed by atoms with van der Waals surface area (Å²) in [5.41, 5.74) is 0.858. The first kappa shape index (κ1) is 19.1. The number of carbonyl (C=O) groups is 2. The van der Waals surface area contributed by atoms with Crippen LogP contribution in [0, 0.1) is 0 Å². The highest BCUT2D eigenvalue weighted by Gasteiger charge is 2.38. The molecule has 8 nitrogen and oxygen atoms in total. The normalized spacial score (nSPS) is 33.8. The zero-order chi connectivity index (χ0) is 17.5. The number of rotatable bonds is 0. The SMILES string of the molecule is C1COCC2(C1)CCN2.C1COCC2(C1)CCN2.O=C(O)C(=O)O. The summed E-state index contributed by atoms with van der Waals surface area (Å²) >= 11 is 0. The molecule has 4 saturated heterocycles. The minimum atomic E-state index is -1.82. The molecule has 2 unspecified atom stereocenters. The molecule has 0 aromatic heterocycles. The van der Waals surface area contributed by atoms with Crippen molar-refractivity contribution in [3.05, 3.63) is 0 Å². The Balaban J connectivity index is 0.000000134. The van der Waals surface area contributed by atoms with Crippen molar-refractivity contribution in [3.63, 3.8) is 0 Å². The van der Waals surface area contributed by atoms with Crippen LogP contribution in [0.4, 0.5) is 0 Å². The second-order valence-electron chi connectivity index (χ2n) is 6.84.